The number of carbonyl (C=O) groups excluding carboxylic acids is 1. The number of nitrogens with zero attached hydrogens (tertiary/aromatic N) is 1. The van der Waals surface area contributed by atoms with Gasteiger partial charge in [-0.3, -0.25) is 4.79 Å². The van der Waals surface area contributed by atoms with Crippen molar-refractivity contribution in [3.05, 3.63) is 59.0 Å². The highest BCUT2D eigenvalue weighted by molar-refractivity contribution is 5.92. The van der Waals surface area contributed by atoms with Gasteiger partial charge in [0.2, 0.25) is 0 Å². The van der Waals surface area contributed by atoms with Crippen LogP contribution in [0.2, 0.25) is 0 Å². The summed E-state index contributed by atoms with van der Waals surface area (Å²) in [7, 11) is 0. The molecule has 1 atom stereocenters. The van der Waals surface area contributed by atoms with Crippen LogP contribution in [0.1, 0.15) is 33.9 Å². The van der Waals surface area contributed by atoms with Crippen LogP contribution in [-0.4, -0.2) is 37.0 Å². The van der Waals surface area contributed by atoms with Gasteiger partial charge in [-0.2, -0.15) is 0 Å². The van der Waals surface area contributed by atoms with Crippen LogP contribution in [-0.2, 0) is 6.42 Å². The number of benzene rings is 1. The Morgan fingerprint density at radius 2 is 2.08 bits per heavy atom. The maximum absolute atomic E-state index is 12.2. The molecule has 1 saturated heterocycles. The maximum Gasteiger partial charge on any atom is 0.287 e. The fraction of sp³-hybridized carbons (Fsp3) is 0.450. The normalized spacial score (nSPS) is 18.0. The molecule has 1 N–H and O–H groups in total. The predicted octanol–water partition coefficient (Wildman–Crippen LogP) is 3.19. The third kappa shape index (κ3) is 4.26. The third-order valence-electron chi connectivity index (χ3n) is 4.73. The molecule has 0 spiro atoms. The lowest BCUT2D eigenvalue weighted by Crippen LogP contribution is -2.31. The summed E-state index contributed by atoms with van der Waals surface area (Å²) < 4.78 is 5.48. The third-order valence-corrected chi connectivity index (χ3v) is 4.73. The Bertz CT molecular complexity index is 678. The number of hydrogen-bond acceptors (Lipinski definition) is 3. The van der Waals surface area contributed by atoms with Crippen molar-refractivity contribution >= 4 is 5.91 Å². The molecule has 128 valence electrons. The molecule has 1 aliphatic heterocycles. The largest absolute Gasteiger partial charge is 0.456 e. The molecule has 2 heterocycles. The fourth-order valence-corrected chi connectivity index (χ4v) is 3.40. The van der Waals surface area contributed by atoms with Gasteiger partial charge in [-0.05, 0) is 50.8 Å². The van der Waals surface area contributed by atoms with Crippen molar-refractivity contribution in [3.8, 4) is 0 Å². The first-order chi connectivity index (χ1) is 11.6. The van der Waals surface area contributed by atoms with Crippen LogP contribution in [0.4, 0.5) is 0 Å². The number of furan rings is 1. The molecule has 24 heavy (non-hydrogen) atoms. The molecule has 2 aromatic rings. The average Bonchev–Trinajstić information content (AvgIpc) is 3.17. The SMILES string of the molecule is Cc1cc(C)c(C(=O)NCC2CCN(CCc3ccccc3)C2)o1. The van der Waals surface area contributed by atoms with E-state index < -0.39 is 0 Å². The topological polar surface area (TPSA) is 45.5 Å². The van der Waals surface area contributed by atoms with E-state index in [0.29, 0.717) is 11.7 Å². The van der Waals surface area contributed by atoms with E-state index in [9.17, 15) is 4.79 Å². The van der Waals surface area contributed by atoms with Crippen LogP contribution in [0.5, 0.6) is 0 Å². The summed E-state index contributed by atoms with van der Waals surface area (Å²) in [6.07, 6.45) is 2.23. The van der Waals surface area contributed by atoms with Crippen molar-refractivity contribution in [2.45, 2.75) is 26.7 Å². The predicted molar refractivity (Wildman–Crippen MR) is 95.2 cm³/mol. The van der Waals surface area contributed by atoms with Crippen molar-refractivity contribution in [1.82, 2.24) is 10.2 Å². The zero-order valence-corrected chi connectivity index (χ0v) is 14.5. The zero-order chi connectivity index (χ0) is 16.9. The fourth-order valence-electron chi connectivity index (χ4n) is 3.40. The number of amides is 1. The number of nitrogens with one attached hydrogen (secondary N) is 1. The molecule has 0 saturated carbocycles. The van der Waals surface area contributed by atoms with Gasteiger partial charge in [0.25, 0.3) is 5.91 Å². The Kier molecular flexibility index (Phi) is 5.36. The highest BCUT2D eigenvalue weighted by Crippen LogP contribution is 2.17. The van der Waals surface area contributed by atoms with Crippen molar-refractivity contribution in [2.75, 3.05) is 26.2 Å². The summed E-state index contributed by atoms with van der Waals surface area (Å²) in [5.74, 6) is 1.67. The Morgan fingerprint density at radius 1 is 1.29 bits per heavy atom. The van der Waals surface area contributed by atoms with E-state index in [1.165, 1.54) is 5.56 Å². The summed E-state index contributed by atoms with van der Waals surface area (Å²) in [4.78, 5) is 14.7. The van der Waals surface area contributed by atoms with Crippen LogP contribution >= 0.6 is 0 Å². The number of carbonyl (C=O) groups is 1. The minimum Gasteiger partial charge on any atom is -0.456 e. The molecule has 4 heteroatoms. The lowest BCUT2D eigenvalue weighted by molar-refractivity contribution is 0.0917. The van der Waals surface area contributed by atoms with E-state index in [4.69, 9.17) is 4.42 Å². The van der Waals surface area contributed by atoms with Gasteiger partial charge in [0, 0.05) is 25.2 Å². The smallest absolute Gasteiger partial charge is 0.287 e. The van der Waals surface area contributed by atoms with Gasteiger partial charge >= 0.3 is 0 Å². The van der Waals surface area contributed by atoms with E-state index in [1.54, 1.807) is 0 Å². The second kappa shape index (κ2) is 7.67. The zero-order valence-electron chi connectivity index (χ0n) is 14.5. The molecule has 1 unspecified atom stereocenters. The Morgan fingerprint density at radius 3 is 2.79 bits per heavy atom. The van der Waals surface area contributed by atoms with Crippen LogP contribution in [0.3, 0.4) is 0 Å². The minimum atomic E-state index is -0.0941. The van der Waals surface area contributed by atoms with Crippen LogP contribution < -0.4 is 5.32 Å². The second-order valence-corrected chi connectivity index (χ2v) is 6.77. The van der Waals surface area contributed by atoms with E-state index in [2.05, 4.69) is 40.5 Å². The molecular weight excluding hydrogens is 300 g/mol. The maximum atomic E-state index is 12.2. The molecule has 0 radical (unpaired) electrons. The van der Waals surface area contributed by atoms with Crippen molar-refractivity contribution in [2.24, 2.45) is 5.92 Å². The van der Waals surface area contributed by atoms with Crippen LogP contribution in [0, 0.1) is 19.8 Å². The minimum absolute atomic E-state index is 0.0941. The van der Waals surface area contributed by atoms with Gasteiger partial charge in [0.1, 0.15) is 5.76 Å². The summed E-state index contributed by atoms with van der Waals surface area (Å²) in [5, 5.41) is 3.03. The van der Waals surface area contributed by atoms with Gasteiger partial charge in [-0.15, -0.1) is 0 Å². The lowest BCUT2D eigenvalue weighted by atomic mass is 10.1. The number of rotatable bonds is 6. The molecule has 1 fully saturated rings. The first-order valence-corrected chi connectivity index (χ1v) is 8.73. The Hall–Kier alpha value is -2.07. The van der Waals surface area contributed by atoms with E-state index in [0.717, 1.165) is 50.3 Å². The molecule has 1 amide bonds. The molecule has 1 aliphatic rings. The average molecular weight is 326 g/mol. The summed E-state index contributed by atoms with van der Waals surface area (Å²) in [6.45, 7) is 7.76. The number of hydrogen-bond donors (Lipinski definition) is 1. The Labute approximate surface area is 143 Å². The van der Waals surface area contributed by atoms with Crippen molar-refractivity contribution in [3.63, 3.8) is 0 Å². The second-order valence-electron chi connectivity index (χ2n) is 6.77. The molecule has 0 aliphatic carbocycles. The van der Waals surface area contributed by atoms with Crippen molar-refractivity contribution < 1.29 is 9.21 Å². The molecule has 1 aromatic carbocycles. The molecule has 0 bridgehead atoms. The van der Waals surface area contributed by atoms with Gasteiger partial charge in [0.05, 0.1) is 0 Å². The number of likely N-dealkylation sites (tertiary alicyclic amines) is 1. The molecule has 1 aromatic heterocycles. The van der Waals surface area contributed by atoms with E-state index in [1.807, 2.05) is 19.9 Å². The first-order valence-electron chi connectivity index (χ1n) is 8.73. The quantitative estimate of drug-likeness (QED) is 0.887. The van der Waals surface area contributed by atoms with E-state index in [-0.39, 0.29) is 5.91 Å². The first kappa shape index (κ1) is 16.8. The van der Waals surface area contributed by atoms with Gasteiger partial charge in [0.15, 0.2) is 5.76 Å². The van der Waals surface area contributed by atoms with Gasteiger partial charge in [-0.25, -0.2) is 0 Å². The summed E-state index contributed by atoms with van der Waals surface area (Å²) in [6, 6.07) is 12.5. The standard InChI is InChI=1S/C20H26N2O2/c1-15-12-16(2)24-19(15)20(23)21-13-18-9-11-22(14-18)10-8-17-6-4-3-5-7-17/h3-7,12,18H,8-11,13-14H2,1-2H3,(H,21,23). The highest BCUT2D eigenvalue weighted by Gasteiger charge is 2.23. The molecule has 3 rings (SSSR count). The highest BCUT2D eigenvalue weighted by atomic mass is 16.3. The summed E-state index contributed by atoms with van der Waals surface area (Å²) >= 11 is 0. The Balaban J connectivity index is 1.41. The number of aryl methyl sites for hydroxylation is 2. The lowest BCUT2D eigenvalue weighted by Gasteiger charge is -2.16. The van der Waals surface area contributed by atoms with Gasteiger partial charge < -0.3 is 14.6 Å². The monoisotopic (exact) mass is 326 g/mol. The van der Waals surface area contributed by atoms with Crippen LogP contribution in [0.15, 0.2) is 40.8 Å². The van der Waals surface area contributed by atoms with Crippen LogP contribution in [0.25, 0.3) is 0 Å². The van der Waals surface area contributed by atoms with E-state index >= 15 is 0 Å². The van der Waals surface area contributed by atoms with Gasteiger partial charge in [-0.1, -0.05) is 30.3 Å². The molecule has 4 nitrogen and oxygen atoms in total. The van der Waals surface area contributed by atoms with Crippen molar-refractivity contribution in [1.29, 1.82) is 0 Å². The molecular formula is C20H26N2O2. The summed E-state index contributed by atoms with van der Waals surface area (Å²) in [5.41, 5.74) is 2.29.